The van der Waals surface area contributed by atoms with Crippen LogP contribution in [0.2, 0.25) is 0 Å². The number of hydrogen-bond donors (Lipinski definition) is 1. The van der Waals surface area contributed by atoms with Crippen LogP contribution in [0.15, 0.2) is 48.6 Å². The van der Waals surface area contributed by atoms with Crippen molar-refractivity contribution >= 4 is 35.2 Å². The smallest absolute Gasteiger partial charge is 0.247 e. The normalized spacial score (nSPS) is 29.1. The molecule has 4 aliphatic rings. The maximum Gasteiger partial charge on any atom is 0.247 e. The molecule has 1 aromatic rings. The first kappa shape index (κ1) is 33.6. The van der Waals surface area contributed by atoms with Crippen molar-refractivity contribution in [2.24, 2.45) is 23.2 Å². The molecule has 1 aromatic carbocycles. The molecule has 4 aliphatic heterocycles. The third-order valence-corrected chi connectivity index (χ3v) is 11.3. The molecule has 2 saturated heterocycles. The minimum absolute atomic E-state index is 0.0205. The zero-order valence-electron chi connectivity index (χ0n) is 28.2. The molecule has 1 unspecified atom stereocenters. The number of hydrogen-bond acceptors (Lipinski definition) is 6. The molecule has 0 aromatic heterocycles. The van der Waals surface area contributed by atoms with Gasteiger partial charge < -0.3 is 24.5 Å². The van der Waals surface area contributed by atoms with E-state index in [1.165, 1.54) is 0 Å². The largest absolute Gasteiger partial charge is 0.494 e. The summed E-state index contributed by atoms with van der Waals surface area (Å²) in [7, 11) is 0. The van der Waals surface area contributed by atoms with Crippen LogP contribution in [-0.4, -0.2) is 86.6 Å². The van der Waals surface area contributed by atoms with E-state index in [1.54, 1.807) is 21.6 Å². The Morgan fingerprint density at radius 3 is 2.29 bits per heavy atom. The Labute approximate surface area is 273 Å². The number of aliphatic hydroxyl groups excluding tert-OH is 1. The number of carbonyl (C=O) groups excluding carboxylic acids is 3. The van der Waals surface area contributed by atoms with Gasteiger partial charge in [0.15, 0.2) is 0 Å². The molecule has 1 N–H and O–H groups in total. The fourth-order valence-corrected chi connectivity index (χ4v) is 10.3. The van der Waals surface area contributed by atoms with E-state index < -0.39 is 34.2 Å². The minimum Gasteiger partial charge on any atom is -0.494 e. The number of anilines is 1. The number of nitrogens with zero attached hydrogens (tertiary/aromatic N) is 3. The molecule has 2 fully saturated rings. The zero-order valence-corrected chi connectivity index (χ0v) is 29.0. The van der Waals surface area contributed by atoms with Crippen molar-refractivity contribution in [2.75, 3.05) is 31.2 Å². The van der Waals surface area contributed by atoms with E-state index >= 15 is 0 Å². The Bertz CT molecular complexity index is 1350. The predicted octanol–water partition coefficient (Wildman–Crippen LogP) is 5.31. The molecule has 0 saturated carbocycles. The van der Waals surface area contributed by atoms with Gasteiger partial charge in [-0.1, -0.05) is 58.9 Å². The lowest BCUT2D eigenvalue weighted by molar-refractivity contribution is -0.149. The SMILES string of the molecule is CCOc1ccc(N2CC=C[C@@H]3S[C@]45C=CCN(C(C)(C)CC(C)(C)C)C(=O)C4N([C@@H](CO)CC(C)C)C(=O)[C@@H]5[C@@H]3C2=O)cc1. The van der Waals surface area contributed by atoms with Crippen LogP contribution in [0.5, 0.6) is 5.75 Å². The Morgan fingerprint density at radius 1 is 1.00 bits per heavy atom. The standard InChI is InChI=1S/C36H51N3O5S/c1-9-44-26-15-13-24(14-16-26)37-18-10-12-27-28(31(37)41)29-32(42)39(25(21-40)20-23(2)3)30-33(43)38(19-11-17-36(29,30)45-27)35(7,8)22-34(4,5)6/h10-17,23,25,27-30,40H,9,18-22H2,1-8H3/t25-,27+,28-,29+,30?,36+/m1/s1. The monoisotopic (exact) mass is 637 g/mol. The Hall–Kier alpha value is -2.78. The van der Waals surface area contributed by atoms with Crippen LogP contribution in [0.4, 0.5) is 5.69 Å². The molecule has 6 atom stereocenters. The lowest BCUT2D eigenvalue weighted by atomic mass is 9.77. The van der Waals surface area contributed by atoms with Crippen molar-refractivity contribution in [3.63, 3.8) is 0 Å². The summed E-state index contributed by atoms with van der Waals surface area (Å²) in [4.78, 5) is 49.7. The molecule has 0 aliphatic carbocycles. The first-order valence-corrected chi connectivity index (χ1v) is 17.3. The second-order valence-corrected chi connectivity index (χ2v) is 16.7. The highest BCUT2D eigenvalue weighted by atomic mass is 32.2. The van der Waals surface area contributed by atoms with Crippen LogP contribution < -0.4 is 9.64 Å². The first-order valence-electron chi connectivity index (χ1n) is 16.5. The summed E-state index contributed by atoms with van der Waals surface area (Å²) in [6.45, 7) is 17.9. The molecule has 45 heavy (non-hydrogen) atoms. The molecule has 3 amide bonds. The minimum atomic E-state index is -0.928. The van der Waals surface area contributed by atoms with Gasteiger partial charge >= 0.3 is 0 Å². The summed E-state index contributed by atoms with van der Waals surface area (Å²) in [5, 5.41) is 10.4. The third kappa shape index (κ3) is 6.07. The molecule has 4 heterocycles. The van der Waals surface area contributed by atoms with E-state index in [9.17, 15) is 19.5 Å². The number of benzene rings is 1. The highest BCUT2D eigenvalue weighted by Gasteiger charge is 2.72. The van der Waals surface area contributed by atoms with Gasteiger partial charge in [-0.15, -0.1) is 11.8 Å². The fourth-order valence-electron chi connectivity index (χ4n) is 8.35. The van der Waals surface area contributed by atoms with Gasteiger partial charge in [0.25, 0.3) is 0 Å². The van der Waals surface area contributed by atoms with E-state index in [4.69, 9.17) is 4.74 Å². The first-order chi connectivity index (χ1) is 21.1. The van der Waals surface area contributed by atoms with Gasteiger partial charge in [0.1, 0.15) is 11.8 Å². The second kappa shape index (κ2) is 12.4. The molecule has 0 bridgehead atoms. The highest BCUT2D eigenvalue weighted by Crippen LogP contribution is 2.62. The van der Waals surface area contributed by atoms with Crippen molar-refractivity contribution in [2.45, 2.75) is 95.9 Å². The van der Waals surface area contributed by atoms with Gasteiger partial charge in [0, 0.05) is 29.6 Å². The van der Waals surface area contributed by atoms with Gasteiger partial charge in [-0.05, 0) is 69.2 Å². The van der Waals surface area contributed by atoms with Gasteiger partial charge in [0.2, 0.25) is 17.7 Å². The molecule has 1 spiro atoms. The van der Waals surface area contributed by atoms with E-state index in [0.29, 0.717) is 26.1 Å². The molecule has 8 nitrogen and oxygen atoms in total. The van der Waals surface area contributed by atoms with Crippen LogP contribution in [0.1, 0.15) is 68.2 Å². The van der Waals surface area contributed by atoms with E-state index in [0.717, 1.165) is 17.9 Å². The second-order valence-electron chi connectivity index (χ2n) is 15.3. The van der Waals surface area contributed by atoms with Crippen molar-refractivity contribution in [1.29, 1.82) is 0 Å². The lowest BCUT2D eigenvalue weighted by Gasteiger charge is -2.45. The predicted molar refractivity (Wildman–Crippen MR) is 180 cm³/mol. The average Bonchev–Trinajstić information content (AvgIpc) is 3.26. The Morgan fingerprint density at radius 2 is 1.69 bits per heavy atom. The summed E-state index contributed by atoms with van der Waals surface area (Å²) >= 11 is 1.58. The number of rotatable bonds is 9. The lowest BCUT2D eigenvalue weighted by Crippen LogP contribution is -2.60. The number of aliphatic hydroxyl groups is 1. The summed E-state index contributed by atoms with van der Waals surface area (Å²) in [5.41, 5.74) is 0.250. The van der Waals surface area contributed by atoms with Crippen molar-refractivity contribution in [3.8, 4) is 5.75 Å². The summed E-state index contributed by atoms with van der Waals surface area (Å²) < 4.78 is 4.69. The number of ether oxygens (including phenoxy) is 1. The van der Waals surface area contributed by atoms with Crippen LogP contribution >= 0.6 is 11.8 Å². The number of amides is 3. The molecule has 0 radical (unpaired) electrons. The van der Waals surface area contributed by atoms with Crippen molar-refractivity contribution in [3.05, 3.63) is 48.6 Å². The van der Waals surface area contributed by atoms with Gasteiger partial charge in [-0.3, -0.25) is 14.4 Å². The van der Waals surface area contributed by atoms with Crippen LogP contribution in [0.3, 0.4) is 0 Å². The summed E-state index contributed by atoms with van der Waals surface area (Å²) in [6, 6.07) is 6.15. The molecular formula is C36H51N3O5S. The van der Waals surface area contributed by atoms with Crippen LogP contribution in [-0.2, 0) is 14.4 Å². The van der Waals surface area contributed by atoms with E-state index in [-0.39, 0.29) is 40.9 Å². The Balaban J connectivity index is 1.59. The number of likely N-dealkylation sites (tertiary alicyclic amines) is 1. The molecule has 5 rings (SSSR count). The topological polar surface area (TPSA) is 90.4 Å². The maximum absolute atomic E-state index is 15.0. The van der Waals surface area contributed by atoms with Crippen LogP contribution in [0, 0.1) is 23.2 Å². The average molecular weight is 638 g/mol. The van der Waals surface area contributed by atoms with Crippen LogP contribution in [0.25, 0.3) is 0 Å². The number of thioether (sulfide) groups is 1. The Kier molecular flexibility index (Phi) is 9.28. The van der Waals surface area contributed by atoms with E-state index in [2.05, 4.69) is 60.6 Å². The van der Waals surface area contributed by atoms with E-state index in [1.807, 2.05) is 48.2 Å². The zero-order chi connectivity index (χ0) is 32.9. The van der Waals surface area contributed by atoms with Gasteiger partial charge in [-0.2, -0.15) is 0 Å². The fraction of sp³-hybridized carbons (Fsp3) is 0.639. The van der Waals surface area contributed by atoms with Gasteiger partial charge in [0.05, 0.1) is 35.8 Å². The van der Waals surface area contributed by atoms with Crippen molar-refractivity contribution < 1.29 is 24.2 Å². The quantitative estimate of drug-likeness (QED) is 0.370. The molecule has 246 valence electrons. The van der Waals surface area contributed by atoms with Crippen molar-refractivity contribution in [1.82, 2.24) is 9.80 Å². The summed E-state index contributed by atoms with van der Waals surface area (Å²) in [6.07, 6.45) is 9.52. The number of carbonyl (C=O) groups is 3. The maximum atomic E-state index is 15.0. The molecule has 9 heteroatoms. The molecular weight excluding hydrogens is 586 g/mol. The van der Waals surface area contributed by atoms with Gasteiger partial charge in [-0.25, -0.2) is 0 Å². The highest BCUT2D eigenvalue weighted by molar-refractivity contribution is 8.02. The number of fused-ring (bicyclic) bond motifs is 2. The summed E-state index contributed by atoms with van der Waals surface area (Å²) in [5.74, 6) is -0.862. The third-order valence-electron chi connectivity index (χ3n) is 9.60.